The number of hydrogen-bond donors (Lipinski definition) is 3. The van der Waals surface area contributed by atoms with Crippen LogP contribution < -0.4 is 5.32 Å². The molecule has 0 saturated heterocycles. The summed E-state index contributed by atoms with van der Waals surface area (Å²) in [6.45, 7) is 4.26. The van der Waals surface area contributed by atoms with E-state index >= 15 is 0 Å². The summed E-state index contributed by atoms with van der Waals surface area (Å²) in [4.78, 5) is 12.3. The Morgan fingerprint density at radius 2 is 0.886 bits per heavy atom. The van der Waals surface area contributed by atoms with Crippen molar-refractivity contribution in [2.75, 3.05) is 6.61 Å². The number of carbonyl (C=O) groups excluding carboxylic acids is 1. The van der Waals surface area contributed by atoms with Gasteiger partial charge in [0.1, 0.15) is 0 Å². The van der Waals surface area contributed by atoms with Gasteiger partial charge < -0.3 is 15.5 Å². The topological polar surface area (TPSA) is 69.6 Å². The molecule has 0 aromatic carbocycles. The summed E-state index contributed by atoms with van der Waals surface area (Å²) in [5.74, 6) is -0.0806. The van der Waals surface area contributed by atoms with Crippen molar-refractivity contribution in [3.63, 3.8) is 0 Å². The molecule has 4 heteroatoms. The normalized spacial score (nSPS) is 13.5. The molecule has 0 aliphatic carbocycles. The fraction of sp³-hybridized carbons (Fsp3) is 0.825. The Balaban J connectivity index is 3.60. The Kier molecular flexibility index (Phi) is 34.9. The second kappa shape index (κ2) is 36.1. The summed E-state index contributed by atoms with van der Waals surface area (Å²) < 4.78 is 0. The van der Waals surface area contributed by atoms with Gasteiger partial charge in [0.05, 0.1) is 18.8 Å². The van der Waals surface area contributed by atoms with E-state index in [0.717, 1.165) is 32.1 Å². The number of rotatable bonds is 34. The number of unbranched alkanes of at least 4 members (excludes halogenated alkanes) is 23. The van der Waals surface area contributed by atoms with Gasteiger partial charge in [-0.1, -0.05) is 166 Å². The molecule has 0 bridgehead atoms. The molecule has 0 fully saturated rings. The zero-order valence-electron chi connectivity index (χ0n) is 29.4. The Morgan fingerprint density at radius 3 is 1.32 bits per heavy atom. The van der Waals surface area contributed by atoms with Gasteiger partial charge in [-0.15, -0.1) is 0 Å². The first kappa shape index (κ1) is 42.6. The van der Waals surface area contributed by atoms with Crippen LogP contribution in [0.15, 0.2) is 36.5 Å². The summed E-state index contributed by atoms with van der Waals surface area (Å²) in [5.41, 5.74) is 0. The monoisotopic (exact) mass is 618 g/mol. The zero-order chi connectivity index (χ0) is 32.2. The van der Waals surface area contributed by atoms with Gasteiger partial charge in [-0.3, -0.25) is 4.79 Å². The molecule has 0 heterocycles. The Labute approximate surface area is 274 Å². The maximum atomic E-state index is 12.3. The van der Waals surface area contributed by atoms with E-state index in [1.807, 2.05) is 6.08 Å². The average molecular weight is 618 g/mol. The molecule has 2 unspecified atom stereocenters. The van der Waals surface area contributed by atoms with Gasteiger partial charge in [-0.2, -0.15) is 0 Å². The van der Waals surface area contributed by atoms with Crippen LogP contribution in [0.2, 0.25) is 0 Å². The van der Waals surface area contributed by atoms with E-state index in [9.17, 15) is 15.0 Å². The highest BCUT2D eigenvalue weighted by molar-refractivity contribution is 5.76. The molecule has 1 amide bonds. The Hall–Kier alpha value is -1.39. The lowest BCUT2D eigenvalue weighted by molar-refractivity contribution is -0.123. The van der Waals surface area contributed by atoms with E-state index in [1.165, 1.54) is 141 Å². The van der Waals surface area contributed by atoms with Gasteiger partial charge in [-0.05, 0) is 57.8 Å². The van der Waals surface area contributed by atoms with Crippen LogP contribution in [0.25, 0.3) is 0 Å². The van der Waals surface area contributed by atoms with Crippen molar-refractivity contribution in [2.45, 2.75) is 206 Å². The Bertz CT molecular complexity index is 672. The summed E-state index contributed by atoms with van der Waals surface area (Å²) in [7, 11) is 0. The molecule has 0 aliphatic rings. The van der Waals surface area contributed by atoms with Crippen molar-refractivity contribution >= 4 is 5.91 Å². The van der Waals surface area contributed by atoms with Crippen LogP contribution in [0, 0.1) is 0 Å². The van der Waals surface area contributed by atoms with Crippen molar-refractivity contribution in [3.8, 4) is 0 Å². The maximum absolute atomic E-state index is 12.3. The van der Waals surface area contributed by atoms with E-state index in [4.69, 9.17) is 0 Å². The minimum absolute atomic E-state index is 0.0806. The third-order valence-electron chi connectivity index (χ3n) is 8.60. The number of nitrogens with one attached hydrogen (secondary N) is 1. The van der Waals surface area contributed by atoms with Gasteiger partial charge in [0.25, 0.3) is 0 Å². The molecule has 4 nitrogen and oxygen atoms in total. The minimum Gasteiger partial charge on any atom is -0.394 e. The number of allylic oxidation sites excluding steroid dienone is 5. The van der Waals surface area contributed by atoms with E-state index in [0.29, 0.717) is 6.42 Å². The van der Waals surface area contributed by atoms with Crippen molar-refractivity contribution in [1.82, 2.24) is 5.32 Å². The van der Waals surface area contributed by atoms with E-state index in [-0.39, 0.29) is 12.5 Å². The van der Waals surface area contributed by atoms with E-state index in [2.05, 4.69) is 43.5 Å². The molecule has 0 aliphatic heterocycles. The fourth-order valence-electron chi connectivity index (χ4n) is 5.60. The van der Waals surface area contributed by atoms with Crippen molar-refractivity contribution in [1.29, 1.82) is 0 Å². The van der Waals surface area contributed by atoms with Gasteiger partial charge in [0.15, 0.2) is 0 Å². The third kappa shape index (κ3) is 32.0. The average Bonchev–Trinajstić information content (AvgIpc) is 3.03. The highest BCUT2D eigenvalue weighted by Gasteiger charge is 2.17. The first-order chi connectivity index (χ1) is 21.7. The summed E-state index contributed by atoms with van der Waals surface area (Å²) >= 11 is 0. The molecule has 0 rings (SSSR count). The largest absolute Gasteiger partial charge is 0.394 e. The number of aliphatic hydroxyl groups is 2. The smallest absolute Gasteiger partial charge is 0.220 e. The molecule has 3 N–H and O–H groups in total. The van der Waals surface area contributed by atoms with E-state index in [1.54, 1.807) is 6.08 Å². The second-order valence-corrected chi connectivity index (χ2v) is 13.0. The molecular formula is C40H75NO3. The van der Waals surface area contributed by atoms with Crippen LogP contribution in [0.3, 0.4) is 0 Å². The molecule has 0 aromatic heterocycles. The SMILES string of the molecule is CCCCCCC/C=C/CC/C=C/C(O)C(CO)NC(=O)CCCCCCCCC/C=C\CCCCCCCCCCCC. The quantitative estimate of drug-likeness (QED) is 0.0497. The highest BCUT2D eigenvalue weighted by atomic mass is 16.3. The lowest BCUT2D eigenvalue weighted by Gasteiger charge is -2.19. The van der Waals surface area contributed by atoms with Crippen LogP contribution in [-0.4, -0.2) is 34.9 Å². The van der Waals surface area contributed by atoms with Crippen LogP contribution in [0.1, 0.15) is 194 Å². The molecule has 2 atom stereocenters. The zero-order valence-corrected chi connectivity index (χ0v) is 29.4. The number of aliphatic hydroxyl groups excluding tert-OH is 2. The first-order valence-electron chi connectivity index (χ1n) is 19.2. The van der Waals surface area contributed by atoms with E-state index < -0.39 is 12.1 Å². The second-order valence-electron chi connectivity index (χ2n) is 13.0. The van der Waals surface area contributed by atoms with Crippen LogP contribution >= 0.6 is 0 Å². The van der Waals surface area contributed by atoms with Gasteiger partial charge in [0.2, 0.25) is 5.91 Å². The van der Waals surface area contributed by atoms with Crippen molar-refractivity contribution in [2.24, 2.45) is 0 Å². The highest BCUT2D eigenvalue weighted by Crippen LogP contribution is 2.13. The summed E-state index contributed by atoms with van der Waals surface area (Å²) in [6.07, 6.45) is 46.7. The van der Waals surface area contributed by atoms with Gasteiger partial charge in [0, 0.05) is 6.42 Å². The first-order valence-corrected chi connectivity index (χ1v) is 19.2. The molecule has 0 aromatic rings. The fourth-order valence-corrected chi connectivity index (χ4v) is 5.60. The minimum atomic E-state index is -0.860. The molecule has 258 valence electrons. The molecular weight excluding hydrogens is 542 g/mol. The maximum Gasteiger partial charge on any atom is 0.220 e. The number of amides is 1. The predicted molar refractivity (Wildman–Crippen MR) is 193 cm³/mol. The van der Waals surface area contributed by atoms with Crippen molar-refractivity contribution < 1.29 is 15.0 Å². The van der Waals surface area contributed by atoms with Crippen LogP contribution in [0.5, 0.6) is 0 Å². The summed E-state index contributed by atoms with van der Waals surface area (Å²) in [5, 5.41) is 22.8. The van der Waals surface area contributed by atoms with Gasteiger partial charge >= 0.3 is 0 Å². The standard InChI is InChI=1S/C40H75NO3/c1-3-5-7-9-11-13-15-16-17-18-19-20-21-22-23-24-26-28-30-32-34-36-40(44)41-38(37-42)39(43)35-33-31-29-27-25-14-12-10-8-6-4-2/h20-21,25,27,33,35,38-39,42-43H,3-19,22-24,26,28-32,34,36-37H2,1-2H3,(H,41,44)/b21-20-,27-25+,35-33+. The van der Waals surface area contributed by atoms with Crippen LogP contribution in [0.4, 0.5) is 0 Å². The lowest BCUT2D eigenvalue weighted by Crippen LogP contribution is -2.45. The van der Waals surface area contributed by atoms with Crippen molar-refractivity contribution in [3.05, 3.63) is 36.5 Å². The summed E-state index contributed by atoms with van der Waals surface area (Å²) in [6, 6.07) is -0.638. The van der Waals surface area contributed by atoms with Gasteiger partial charge in [-0.25, -0.2) is 0 Å². The number of hydrogen-bond acceptors (Lipinski definition) is 3. The molecule has 44 heavy (non-hydrogen) atoms. The lowest BCUT2D eigenvalue weighted by atomic mass is 10.1. The molecule has 0 radical (unpaired) electrons. The number of carbonyl (C=O) groups is 1. The predicted octanol–water partition coefficient (Wildman–Crippen LogP) is 11.5. The molecule has 0 saturated carbocycles. The Morgan fingerprint density at radius 1 is 0.523 bits per heavy atom. The molecule has 0 spiro atoms. The van der Waals surface area contributed by atoms with Crippen LogP contribution in [-0.2, 0) is 4.79 Å². The third-order valence-corrected chi connectivity index (χ3v) is 8.60.